The first-order valence-electron chi connectivity index (χ1n) is 12.4. The molecule has 2 N–H and O–H groups in total. The van der Waals surface area contributed by atoms with Crippen LogP contribution in [0, 0.1) is 11.3 Å². The molecule has 0 saturated carbocycles. The Hall–Kier alpha value is -4.28. The van der Waals surface area contributed by atoms with E-state index in [0.29, 0.717) is 41.6 Å². The van der Waals surface area contributed by atoms with Crippen molar-refractivity contribution in [2.75, 3.05) is 6.61 Å². The zero-order chi connectivity index (χ0) is 25.8. The van der Waals surface area contributed by atoms with Crippen molar-refractivity contribution < 1.29 is 24.5 Å². The molecule has 0 unspecified atom stereocenters. The molecule has 0 amide bonds. The number of hydrogen-bond donors (Lipinski definition) is 2. The molecule has 3 aromatic carbocycles. The second-order valence-corrected chi connectivity index (χ2v) is 9.98. The number of aromatic hydroxyl groups is 2. The number of carbonyl (C=O) groups is 1. The van der Waals surface area contributed by atoms with Crippen LogP contribution in [-0.2, 0) is 31.9 Å². The number of rotatable bonds is 6. The maximum atomic E-state index is 12.4. The van der Waals surface area contributed by atoms with Gasteiger partial charge in [-0.05, 0) is 37.5 Å². The Morgan fingerprint density at radius 3 is 2.46 bits per heavy atom. The average Bonchev–Trinajstić information content (AvgIpc) is 3.48. The molecule has 7 heteroatoms. The van der Waals surface area contributed by atoms with Crippen molar-refractivity contribution in [3.63, 3.8) is 0 Å². The SMILES string of the molecule is C[C@@]12CC[C@@](CCOC(=O)Cc3ccccc3)(O1)c1c2c(O)n(-c2ccc(C#N)c3ccccc23)c1O. The number of benzene rings is 3. The highest BCUT2D eigenvalue weighted by atomic mass is 16.6. The van der Waals surface area contributed by atoms with E-state index in [1.54, 1.807) is 12.1 Å². The van der Waals surface area contributed by atoms with Gasteiger partial charge < -0.3 is 19.7 Å². The Kier molecular flexibility index (Phi) is 5.25. The van der Waals surface area contributed by atoms with Crippen LogP contribution in [-0.4, -0.2) is 27.4 Å². The molecule has 1 fully saturated rings. The van der Waals surface area contributed by atoms with Gasteiger partial charge in [-0.3, -0.25) is 9.36 Å². The number of nitriles is 1. The summed E-state index contributed by atoms with van der Waals surface area (Å²) in [5.74, 6) is -0.496. The summed E-state index contributed by atoms with van der Waals surface area (Å²) in [4.78, 5) is 12.4. The minimum Gasteiger partial charge on any atom is -0.494 e. The van der Waals surface area contributed by atoms with Crippen LogP contribution in [0.2, 0.25) is 0 Å². The van der Waals surface area contributed by atoms with Crippen LogP contribution in [0.15, 0.2) is 66.7 Å². The smallest absolute Gasteiger partial charge is 0.310 e. The zero-order valence-electron chi connectivity index (χ0n) is 20.4. The lowest BCUT2D eigenvalue weighted by atomic mass is 9.78. The Morgan fingerprint density at radius 2 is 1.70 bits per heavy atom. The van der Waals surface area contributed by atoms with Crippen molar-refractivity contribution in [2.24, 2.45) is 0 Å². The Morgan fingerprint density at radius 1 is 1.00 bits per heavy atom. The summed E-state index contributed by atoms with van der Waals surface area (Å²) < 4.78 is 13.5. The molecular weight excluding hydrogens is 468 g/mol. The number of carbonyl (C=O) groups excluding carboxylic acids is 1. The first-order valence-corrected chi connectivity index (χ1v) is 12.4. The van der Waals surface area contributed by atoms with Crippen molar-refractivity contribution in [3.8, 4) is 23.5 Å². The normalized spacial score (nSPS) is 21.6. The third-order valence-electron chi connectivity index (χ3n) is 7.75. The maximum absolute atomic E-state index is 12.4. The monoisotopic (exact) mass is 494 g/mol. The summed E-state index contributed by atoms with van der Waals surface area (Å²) in [5, 5.41) is 34.0. The summed E-state index contributed by atoms with van der Waals surface area (Å²) in [6.45, 7) is 2.05. The van der Waals surface area contributed by atoms with Crippen molar-refractivity contribution in [1.29, 1.82) is 5.26 Å². The third kappa shape index (κ3) is 3.48. The average molecular weight is 495 g/mol. The van der Waals surface area contributed by atoms with Crippen LogP contribution in [0.3, 0.4) is 0 Å². The number of nitrogens with zero attached hydrogens (tertiary/aromatic N) is 2. The fourth-order valence-corrected chi connectivity index (χ4v) is 6.05. The van der Waals surface area contributed by atoms with Crippen molar-refractivity contribution in [2.45, 2.75) is 43.8 Å². The summed E-state index contributed by atoms with van der Waals surface area (Å²) in [6, 6.07) is 22.5. The van der Waals surface area contributed by atoms with Crippen molar-refractivity contribution >= 4 is 16.7 Å². The molecule has 4 aromatic rings. The van der Waals surface area contributed by atoms with Gasteiger partial charge >= 0.3 is 5.97 Å². The molecule has 186 valence electrons. The van der Waals surface area contributed by atoms with Gasteiger partial charge in [0.25, 0.3) is 0 Å². The van der Waals surface area contributed by atoms with E-state index < -0.39 is 11.2 Å². The van der Waals surface area contributed by atoms with Gasteiger partial charge in [0.1, 0.15) is 5.60 Å². The lowest BCUT2D eigenvalue weighted by Crippen LogP contribution is -2.26. The quantitative estimate of drug-likeness (QED) is 0.351. The number of fused-ring (bicyclic) bond motifs is 6. The Labute approximate surface area is 214 Å². The molecule has 6 rings (SSSR count). The van der Waals surface area contributed by atoms with Gasteiger partial charge in [-0.25, -0.2) is 0 Å². The molecule has 0 radical (unpaired) electrons. The molecule has 1 aromatic heterocycles. The van der Waals surface area contributed by atoms with E-state index in [-0.39, 0.29) is 30.8 Å². The number of aromatic nitrogens is 1. The van der Waals surface area contributed by atoms with Crippen LogP contribution >= 0.6 is 0 Å². The highest BCUT2D eigenvalue weighted by Crippen LogP contribution is 2.65. The predicted molar refractivity (Wildman–Crippen MR) is 136 cm³/mol. The molecule has 2 aliphatic heterocycles. The van der Waals surface area contributed by atoms with Gasteiger partial charge in [-0.15, -0.1) is 0 Å². The highest BCUT2D eigenvalue weighted by Gasteiger charge is 2.61. The minimum atomic E-state index is -0.869. The largest absolute Gasteiger partial charge is 0.494 e. The van der Waals surface area contributed by atoms with Crippen LogP contribution in [0.25, 0.3) is 16.5 Å². The van der Waals surface area contributed by atoms with E-state index in [1.165, 1.54) is 4.57 Å². The lowest BCUT2D eigenvalue weighted by molar-refractivity contribution is -0.146. The molecule has 7 nitrogen and oxygen atoms in total. The van der Waals surface area contributed by atoms with Crippen molar-refractivity contribution in [3.05, 3.63) is 89.0 Å². The molecule has 2 atom stereocenters. The van der Waals surface area contributed by atoms with Gasteiger partial charge in [-0.2, -0.15) is 5.26 Å². The van der Waals surface area contributed by atoms with E-state index in [9.17, 15) is 20.3 Å². The van der Waals surface area contributed by atoms with Gasteiger partial charge in [0.2, 0.25) is 11.8 Å². The summed E-state index contributed by atoms with van der Waals surface area (Å²) in [5.41, 5.74) is 1.46. The number of hydrogen-bond acceptors (Lipinski definition) is 6. The van der Waals surface area contributed by atoms with E-state index in [1.807, 2.05) is 61.5 Å². The molecule has 37 heavy (non-hydrogen) atoms. The maximum Gasteiger partial charge on any atom is 0.310 e. The summed E-state index contributed by atoms with van der Waals surface area (Å²) >= 11 is 0. The van der Waals surface area contributed by atoms with E-state index in [4.69, 9.17) is 9.47 Å². The van der Waals surface area contributed by atoms with Gasteiger partial charge in [-0.1, -0.05) is 54.6 Å². The van der Waals surface area contributed by atoms with Crippen LogP contribution in [0.4, 0.5) is 0 Å². The van der Waals surface area contributed by atoms with Gasteiger partial charge in [0, 0.05) is 17.2 Å². The van der Waals surface area contributed by atoms with E-state index >= 15 is 0 Å². The molecule has 3 heterocycles. The second-order valence-electron chi connectivity index (χ2n) is 9.98. The standard InChI is InChI=1S/C30H26N2O5/c1-29-13-14-30(37-29,15-16-36-24(33)17-19-7-3-2-4-8-19)26-25(29)27(34)32(28(26)35)23-12-11-20(18-31)21-9-5-6-10-22(21)23/h2-12,34-35H,13-17H2,1H3/t29-,30-/m0/s1. The zero-order valence-corrected chi connectivity index (χ0v) is 20.4. The molecule has 2 aliphatic rings. The third-order valence-corrected chi connectivity index (χ3v) is 7.75. The number of ether oxygens (including phenoxy) is 2. The van der Waals surface area contributed by atoms with Crippen LogP contribution in [0.1, 0.15) is 48.4 Å². The van der Waals surface area contributed by atoms with E-state index in [0.717, 1.165) is 16.3 Å². The fraction of sp³-hybridized carbons (Fsp3) is 0.267. The van der Waals surface area contributed by atoms with Gasteiger partial charge in [0.15, 0.2) is 0 Å². The molecular formula is C30H26N2O5. The summed E-state index contributed by atoms with van der Waals surface area (Å²) in [7, 11) is 0. The molecule has 2 bridgehead atoms. The molecule has 0 aliphatic carbocycles. The minimum absolute atomic E-state index is 0.0764. The highest BCUT2D eigenvalue weighted by molar-refractivity contribution is 5.95. The topological polar surface area (TPSA) is 105 Å². The molecule has 0 spiro atoms. The number of esters is 1. The summed E-state index contributed by atoms with van der Waals surface area (Å²) in [6.07, 6.45) is 1.86. The van der Waals surface area contributed by atoms with E-state index in [2.05, 4.69) is 6.07 Å². The van der Waals surface area contributed by atoms with Crippen LogP contribution in [0.5, 0.6) is 11.8 Å². The van der Waals surface area contributed by atoms with Gasteiger partial charge in [0.05, 0.1) is 47.1 Å². The Bertz CT molecular complexity index is 1590. The first kappa shape index (κ1) is 23.1. The fourth-order valence-electron chi connectivity index (χ4n) is 6.05. The predicted octanol–water partition coefficient (Wildman–Crippen LogP) is 5.32. The molecule has 1 saturated heterocycles. The lowest BCUT2D eigenvalue weighted by Gasteiger charge is -2.26. The second kappa shape index (κ2) is 8.39. The van der Waals surface area contributed by atoms with Crippen LogP contribution < -0.4 is 0 Å². The van der Waals surface area contributed by atoms with Crippen molar-refractivity contribution in [1.82, 2.24) is 4.57 Å². The Balaban J connectivity index is 1.34. The first-order chi connectivity index (χ1) is 17.9.